The normalized spacial score (nSPS) is 11.3. The second-order valence-corrected chi connectivity index (χ2v) is 3.04. The maximum absolute atomic E-state index is 12.4. The van der Waals surface area contributed by atoms with Crippen LogP contribution in [0.25, 0.3) is 0 Å². The minimum atomic E-state index is -4.57. The van der Waals surface area contributed by atoms with E-state index in [9.17, 15) is 13.2 Å². The van der Waals surface area contributed by atoms with Crippen LogP contribution in [0.1, 0.15) is 19.2 Å². The first-order chi connectivity index (χ1) is 7.47. The van der Waals surface area contributed by atoms with Gasteiger partial charge in [-0.2, -0.15) is 18.2 Å². The van der Waals surface area contributed by atoms with Crippen molar-refractivity contribution in [2.75, 3.05) is 19.0 Å². The number of halogens is 3. The van der Waals surface area contributed by atoms with Gasteiger partial charge in [0.2, 0.25) is 11.7 Å². The number of hydrogen-bond acceptors (Lipinski definition) is 4. The quantitative estimate of drug-likeness (QED) is 0.870. The molecule has 0 saturated heterocycles. The summed E-state index contributed by atoms with van der Waals surface area (Å²) in [4.78, 5) is 6.60. The van der Waals surface area contributed by atoms with Gasteiger partial charge in [-0.15, -0.1) is 0 Å². The van der Waals surface area contributed by atoms with Gasteiger partial charge in [0.15, 0.2) is 0 Å². The molecule has 0 bridgehead atoms. The van der Waals surface area contributed by atoms with E-state index in [1.54, 1.807) is 0 Å². The van der Waals surface area contributed by atoms with Crippen LogP contribution < -0.4 is 10.1 Å². The van der Waals surface area contributed by atoms with Gasteiger partial charge >= 0.3 is 6.18 Å². The van der Waals surface area contributed by atoms with Crippen molar-refractivity contribution in [3.8, 4) is 5.88 Å². The summed E-state index contributed by atoms with van der Waals surface area (Å²) in [6.45, 7) is 2.44. The van der Waals surface area contributed by atoms with E-state index >= 15 is 0 Å². The molecule has 1 rings (SSSR count). The number of ether oxygens (including phenoxy) is 1. The molecule has 4 nitrogen and oxygen atoms in total. The molecule has 1 aromatic heterocycles. The highest BCUT2D eigenvalue weighted by Crippen LogP contribution is 2.28. The van der Waals surface area contributed by atoms with Gasteiger partial charge < -0.3 is 10.1 Å². The van der Waals surface area contributed by atoms with Crippen molar-refractivity contribution < 1.29 is 17.9 Å². The minimum Gasteiger partial charge on any atom is -0.481 e. The average Bonchev–Trinajstić information content (AvgIpc) is 2.24. The first-order valence-electron chi connectivity index (χ1n) is 4.71. The first kappa shape index (κ1) is 12.5. The summed E-state index contributed by atoms with van der Waals surface area (Å²) in [5, 5.41) is 2.75. The average molecular weight is 235 g/mol. The van der Waals surface area contributed by atoms with Gasteiger partial charge in [-0.05, 0) is 6.42 Å². The highest BCUT2D eigenvalue weighted by Gasteiger charge is 2.35. The number of alkyl halides is 3. The summed E-state index contributed by atoms with van der Waals surface area (Å²) < 4.78 is 41.9. The Morgan fingerprint density at radius 2 is 2.06 bits per heavy atom. The Kier molecular flexibility index (Phi) is 3.92. The molecule has 0 atom stereocenters. The number of anilines is 1. The summed E-state index contributed by atoms with van der Waals surface area (Å²) in [6, 6.07) is 1.32. The highest BCUT2D eigenvalue weighted by atomic mass is 19.4. The third-order valence-electron chi connectivity index (χ3n) is 1.72. The van der Waals surface area contributed by atoms with E-state index in [1.807, 2.05) is 6.92 Å². The lowest BCUT2D eigenvalue weighted by Crippen LogP contribution is -2.14. The predicted octanol–water partition coefficient (Wildman–Crippen LogP) is 2.33. The van der Waals surface area contributed by atoms with Gasteiger partial charge in [0.25, 0.3) is 0 Å². The molecule has 0 aliphatic carbocycles. The van der Waals surface area contributed by atoms with Crippen LogP contribution in [-0.4, -0.2) is 23.6 Å². The van der Waals surface area contributed by atoms with Crippen LogP contribution >= 0.6 is 0 Å². The Morgan fingerprint density at radius 3 is 2.56 bits per heavy atom. The van der Waals surface area contributed by atoms with E-state index in [2.05, 4.69) is 20.0 Å². The monoisotopic (exact) mass is 235 g/mol. The molecule has 0 saturated carbocycles. The Morgan fingerprint density at radius 1 is 1.38 bits per heavy atom. The summed E-state index contributed by atoms with van der Waals surface area (Å²) in [5.74, 6) is -1.20. The van der Waals surface area contributed by atoms with Crippen molar-refractivity contribution >= 4 is 5.82 Å². The molecular formula is C9H12F3N3O. The van der Waals surface area contributed by atoms with Crippen molar-refractivity contribution in [1.82, 2.24) is 9.97 Å². The molecule has 90 valence electrons. The summed E-state index contributed by atoms with van der Waals surface area (Å²) in [7, 11) is 1.26. The molecule has 0 unspecified atom stereocenters. The second-order valence-electron chi connectivity index (χ2n) is 3.04. The fraction of sp³-hybridized carbons (Fsp3) is 0.556. The SMILES string of the molecule is CCCNc1cc(OC)nc(C(F)(F)F)n1. The van der Waals surface area contributed by atoms with Gasteiger partial charge in [-0.3, -0.25) is 0 Å². The topological polar surface area (TPSA) is 47.0 Å². The Balaban J connectivity index is 3.01. The molecule has 1 heterocycles. The summed E-state index contributed by atoms with van der Waals surface area (Å²) in [6.07, 6.45) is -3.79. The van der Waals surface area contributed by atoms with E-state index in [0.717, 1.165) is 6.42 Å². The first-order valence-corrected chi connectivity index (χ1v) is 4.71. The molecule has 0 fully saturated rings. The number of aromatic nitrogens is 2. The molecule has 1 N–H and O–H groups in total. The molecule has 1 aromatic rings. The smallest absolute Gasteiger partial charge is 0.451 e. The van der Waals surface area contributed by atoms with Crippen molar-refractivity contribution in [3.05, 3.63) is 11.9 Å². The number of nitrogens with zero attached hydrogens (tertiary/aromatic N) is 2. The van der Waals surface area contributed by atoms with E-state index in [1.165, 1.54) is 13.2 Å². The zero-order chi connectivity index (χ0) is 12.2. The molecule has 0 aromatic carbocycles. The lowest BCUT2D eigenvalue weighted by molar-refractivity contribution is -0.145. The number of nitrogens with one attached hydrogen (secondary N) is 1. The second kappa shape index (κ2) is 5.00. The van der Waals surface area contributed by atoms with Gasteiger partial charge in [-0.1, -0.05) is 6.92 Å². The molecule has 7 heteroatoms. The standard InChI is InChI=1S/C9H12F3N3O/c1-3-4-13-6-5-7(16-2)15-8(14-6)9(10,11)12/h5H,3-4H2,1-2H3,(H,13,14,15). The third-order valence-corrected chi connectivity index (χ3v) is 1.72. The molecule has 0 aliphatic heterocycles. The highest BCUT2D eigenvalue weighted by molar-refractivity contribution is 5.38. The van der Waals surface area contributed by atoms with Crippen molar-refractivity contribution in [2.45, 2.75) is 19.5 Å². The van der Waals surface area contributed by atoms with Crippen LogP contribution in [0.2, 0.25) is 0 Å². The predicted molar refractivity (Wildman–Crippen MR) is 52.4 cm³/mol. The molecular weight excluding hydrogens is 223 g/mol. The third kappa shape index (κ3) is 3.25. The van der Waals surface area contributed by atoms with Crippen LogP contribution in [-0.2, 0) is 6.18 Å². The van der Waals surface area contributed by atoms with Crippen molar-refractivity contribution in [2.24, 2.45) is 0 Å². The maximum Gasteiger partial charge on any atom is 0.451 e. The molecule has 0 amide bonds. The largest absolute Gasteiger partial charge is 0.481 e. The van der Waals surface area contributed by atoms with Gasteiger partial charge in [0, 0.05) is 12.6 Å². The number of hydrogen-bond donors (Lipinski definition) is 1. The van der Waals surface area contributed by atoms with Gasteiger partial charge in [0.1, 0.15) is 5.82 Å². The van der Waals surface area contributed by atoms with Gasteiger partial charge in [0.05, 0.1) is 7.11 Å². The van der Waals surface area contributed by atoms with E-state index in [-0.39, 0.29) is 11.7 Å². The molecule has 16 heavy (non-hydrogen) atoms. The van der Waals surface area contributed by atoms with E-state index in [0.29, 0.717) is 6.54 Å². The lowest BCUT2D eigenvalue weighted by atomic mass is 10.4. The van der Waals surface area contributed by atoms with Gasteiger partial charge in [-0.25, -0.2) is 4.98 Å². The van der Waals surface area contributed by atoms with Crippen LogP contribution in [0.3, 0.4) is 0 Å². The van der Waals surface area contributed by atoms with Crippen LogP contribution in [0.5, 0.6) is 5.88 Å². The maximum atomic E-state index is 12.4. The Bertz CT molecular complexity index is 354. The van der Waals surface area contributed by atoms with Crippen LogP contribution in [0.15, 0.2) is 6.07 Å². The summed E-state index contributed by atoms with van der Waals surface area (Å²) >= 11 is 0. The molecule has 0 radical (unpaired) electrons. The zero-order valence-electron chi connectivity index (χ0n) is 8.93. The fourth-order valence-electron chi connectivity index (χ4n) is 1.000. The molecule has 0 spiro atoms. The lowest BCUT2D eigenvalue weighted by Gasteiger charge is -2.10. The van der Waals surface area contributed by atoms with E-state index < -0.39 is 12.0 Å². The Hall–Kier alpha value is -1.53. The van der Waals surface area contributed by atoms with Crippen molar-refractivity contribution in [3.63, 3.8) is 0 Å². The Labute approximate surface area is 90.9 Å². The summed E-state index contributed by atoms with van der Waals surface area (Å²) in [5.41, 5.74) is 0. The minimum absolute atomic E-state index is 0.110. The zero-order valence-corrected chi connectivity index (χ0v) is 8.93. The molecule has 0 aliphatic rings. The number of rotatable bonds is 4. The van der Waals surface area contributed by atoms with E-state index in [4.69, 9.17) is 0 Å². The number of methoxy groups -OCH3 is 1. The fourth-order valence-corrected chi connectivity index (χ4v) is 1.000. The van der Waals surface area contributed by atoms with Crippen LogP contribution in [0, 0.1) is 0 Å². The van der Waals surface area contributed by atoms with Crippen molar-refractivity contribution in [1.29, 1.82) is 0 Å². The van der Waals surface area contributed by atoms with Crippen LogP contribution in [0.4, 0.5) is 19.0 Å².